The molecule has 3 N–H and O–H groups in total. The van der Waals surface area contributed by atoms with E-state index >= 15 is 0 Å². The summed E-state index contributed by atoms with van der Waals surface area (Å²) in [5.41, 5.74) is 5.01. The molecule has 3 heteroatoms. The van der Waals surface area contributed by atoms with Gasteiger partial charge < -0.3 is 11.1 Å². The third-order valence-corrected chi connectivity index (χ3v) is 2.68. The molecule has 0 unspecified atom stereocenters. The highest BCUT2D eigenvalue weighted by Gasteiger charge is 2.30. The maximum Gasteiger partial charge on any atom is 0.231 e. The quantitative estimate of drug-likeness (QED) is 0.645. The third-order valence-electron chi connectivity index (χ3n) is 2.68. The summed E-state index contributed by atoms with van der Waals surface area (Å²) in [5, 5.41) is 3.13. The molecule has 0 spiro atoms. The van der Waals surface area contributed by atoms with Crippen LogP contribution in [0.3, 0.4) is 0 Å². The Bertz CT molecular complexity index is 162. The summed E-state index contributed by atoms with van der Waals surface area (Å²) in [6.45, 7) is 4.82. The predicted molar refractivity (Wildman–Crippen MR) is 48.5 cm³/mol. The summed E-state index contributed by atoms with van der Waals surface area (Å²) in [4.78, 5) is 10.4. The Morgan fingerprint density at radius 2 is 2.17 bits per heavy atom. The number of nitrogens with two attached hydrogens (primary N) is 1. The molecule has 0 aromatic heterocycles. The van der Waals surface area contributed by atoms with Crippen molar-refractivity contribution in [3.8, 4) is 0 Å². The monoisotopic (exact) mass is 170 g/mol. The lowest BCUT2D eigenvalue weighted by molar-refractivity contribution is -0.117. The summed E-state index contributed by atoms with van der Waals surface area (Å²) >= 11 is 0. The van der Waals surface area contributed by atoms with Gasteiger partial charge in [-0.05, 0) is 24.7 Å². The van der Waals surface area contributed by atoms with Crippen LogP contribution in [-0.2, 0) is 4.79 Å². The van der Waals surface area contributed by atoms with Gasteiger partial charge in [0.1, 0.15) is 0 Å². The molecular formula is C9H18N2O. The number of carbonyl (C=O) groups excluding carboxylic acids is 1. The Balaban J connectivity index is 2.06. The zero-order valence-electron chi connectivity index (χ0n) is 7.84. The van der Waals surface area contributed by atoms with E-state index in [9.17, 15) is 4.79 Å². The standard InChI is InChI=1S/C9H18N2O/c1-6(2)7-3-8(4-7)11-5-9(10)12/h6-8,11H,3-5H2,1-2H3,(H2,10,12). The van der Waals surface area contributed by atoms with Crippen LogP contribution in [0.1, 0.15) is 26.7 Å². The molecule has 1 saturated carbocycles. The minimum absolute atomic E-state index is 0.261. The number of hydrogen-bond acceptors (Lipinski definition) is 2. The maximum atomic E-state index is 10.4. The van der Waals surface area contributed by atoms with E-state index < -0.39 is 0 Å². The number of hydrogen-bond donors (Lipinski definition) is 2. The topological polar surface area (TPSA) is 55.1 Å². The zero-order valence-corrected chi connectivity index (χ0v) is 7.84. The van der Waals surface area contributed by atoms with Crippen molar-refractivity contribution >= 4 is 5.91 Å². The molecule has 0 saturated heterocycles. The van der Waals surface area contributed by atoms with E-state index in [4.69, 9.17) is 5.73 Å². The van der Waals surface area contributed by atoms with Gasteiger partial charge in [-0.2, -0.15) is 0 Å². The Hall–Kier alpha value is -0.570. The SMILES string of the molecule is CC(C)C1CC(NCC(N)=O)C1. The molecule has 0 radical (unpaired) electrons. The van der Waals surface area contributed by atoms with Gasteiger partial charge in [0.25, 0.3) is 0 Å². The van der Waals surface area contributed by atoms with Crippen LogP contribution >= 0.6 is 0 Å². The first-order chi connectivity index (χ1) is 5.59. The minimum atomic E-state index is -0.261. The minimum Gasteiger partial charge on any atom is -0.369 e. The molecule has 12 heavy (non-hydrogen) atoms. The Labute approximate surface area is 73.7 Å². The van der Waals surface area contributed by atoms with Crippen molar-refractivity contribution in [2.24, 2.45) is 17.6 Å². The summed E-state index contributed by atoms with van der Waals surface area (Å²) in [5.74, 6) is 1.36. The van der Waals surface area contributed by atoms with Crippen LogP contribution in [0, 0.1) is 11.8 Å². The maximum absolute atomic E-state index is 10.4. The van der Waals surface area contributed by atoms with E-state index in [1.807, 2.05) is 0 Å². The first-order valence-corrected chi connectivity index (χ1v) is 4.61. The van der Waals surface area contributed by atoms with Crippen LogP contribution in [0.5, 0.6) is 0 Å². The van der Waals surface area contributed by atoms with E-state index in [1.54, 1.807) is 0 Å². The second-order valence-corrected chi connectivity index (χ2v) is 4.02. The second-order valence-electron chi connectivity index (χ2n) is 4.02. The molecule has 70 valence electrons. The number of rotatable bonds is 4. The van der Waals surface area contributed by atoms with Gasteiger partial charge >= 0.3 is 0 Å². The lowest BCUT2D eigenvalue weighted by Gasteiger charge is -2.38. The average Bonchev–Trinajstić information content (AvgIpc) is 1.82. The van der Waals surface area contributed by atoms with E-state index in [0.717, 1.165) is 11.8 Å². The fourth-order valence-corrected chi connectivity index (χ4v) is 1.62. The lowest BCUT2D eigenvalue weighted by Crippen LogP contribution is -2.45. The summed E-state index contributed by atoms with van der Waals surface area (Å²) in [6.07, 6.45) is 2.40. The number of amides is 1. The van der Waals surface area contributed by atoms with Crippen molar-refractivity contribution in [2.75, 3.05) is 6.54 Å². The van der Waals surface area contributed by atoms with E-state index in [2.05, 4.69) is 19.2 Å². The molecule has 1 amide bonds. The van der Waals surface area contributed by atoms with Crippen LogP contribution in [0.2, 0.25) is 0 Å². The van der Waals surface area contributed by atoms with Gasteiger partial charge in [-0.15, -0.1) is 0 Å². The molecule has 0 atom stereocenters. The normalized spacial score (nSPS) is 28.6. The summed E-state index contributed by atoms with van der Waals surface area (Å²) < 4.78 is 0. The van der Waals surface area contributed by atoms with Crippen LogP contribution in [0.4, 0.5) is 0 Å². The highest BCUT2D eigenvalue weighted by molar-refractivity contribution is 5.75. The van der Waals surface area contributed by atoms with Crippen molar-refractivity contribution in [1.82, 2.24) is 5.32 Å². The fraction of sp³-hybridized carbons (Fsp3) is 0.889. The Morgan fingerprint density at radius 1 is 1.58 bits per heavy atom. The number of primary amides is 1. The van der Waals surface area contributed by atoms with Gasteiger partial charge in [-0.3, -0.25) is 4.79 Å². The van der Waals surface area contributed by atoms with Gasteiger partial charge in [0.05, 0.1) is 6.54 Å². The second kappa shape index (κ2) is 3.90. The van der Waals surface area contributed by atoms with Gasteiger partial charge in [0.15, 0.2) is 0 Å². The van der Waals surface area contributed by atoms with E-state index in [1.165, 1.54) is 12.8 Å². The van der Waals surface area contributed by atoms with Crippen molar-refractivity contribution in [3.63, 3.8) is 0 Å². The first-order valence-electron chi connectivity index (χ1n) is 4.61. The molecule has 3 nitrogen and oxygen atoms in total. The molecule has 0 aromatic carbocycles. The number of nitrogens with one attached hydrogen (secondary N) is 1. The first kappa shape index (κ1) is 9.52. The highest BCUT2D eigenvalue weighted by atomic mass is 16.1. The van der Waals surface area contributed by atoms with Crippen LogP contribution < -0.4 is 11.1 Å². The molecule has 0 aliphatic heterocycles. The zero-order chi connectivity index (χ0) is 9.14. The summed E-state index contributed by atoms with van der Waals surface area (Å²) in [6, 6.07) is 0.532. The fourth-order valence-electron chi connectivity index (χ4n) is 1.62. The van der Waals surface area contributed by atoms with Crippen LogP contribution in [-0.4, -0.2) is 18.5 Å². The highest BCUT2D eigenvalue weighted by Crippen LogP contribution is 2.33. The van der Waals surface area contributed by atoms with Crippen molar-refractivity contribution in [2.45, 2.75) is 32.7 Å². The van der Waals surface area contributed by atoms with E-state index in [0.29, 0.717) is 12.6 Å². The molecule has 0 bridgehead atoms. The van der Waals surface area contributed by atoms with Gasteiger partial charge in [0.2, 0.25) is 5.91 Å². The third kappa shape index (κ3) is 2.48. The largest absolute Gasteiger partial charge is 0.369 e. The van der Waals surface area contributed by atoms with E-state index in [-0.39, 0.29) is 5.91 Å². The predicted octanol–water partition coefficient (Wildman–Crippen LogP) is 0.496. The smallest absolute Gasteiger partial charge is 0.231 e. The van der Waals surface area contributed by atoms with Crippen molar-refractivity contribution in [3.05, 3.63) is 0 Å². The molecule has 1 aliphatic carbocycles. The lowest BCUT2D eigenvalue weighted by atomic mass is 9.74. The molecule has 0 aromatic rings. The Morgan fingerprint density at radius 3 is 2.58 bits per heavy atom. The molecular weight excluding hydrogens is 152 g/mol. The molecule has 1 aliphatic rings. The molecule has 1 fully saturated rings. The van der Waals surface area contributed by atoms with Crippen molar-refractivity contribution < 1.29 is 4.79 Å². The summed E-state index contributed by atoms with van der Waals surface area (Å²) in [7, 11) is 0. The average molecular weight is 170 g/mol. The van der Waals surface area contributed by atoms with Crippen molar-refractivity contribution in [1.29, 1.82) is 0 Å². The van der Waals surface area contributed by atoms with Crippen LogP contribution in [0.15, 0.2) is 0 Å². The molecule has 0 heterocycles. The van der Waals surface area contributed by atoms with Crippen LogP contribution in [0.25, 0.3) is 0 Å². The molecule has 1 rings (SSSR count). The van der Waals surface area contributed by atoms with Gasteiger partial charge in [0, 0.05) is 6.04 Å². The Kier molecular flexibility index (Phi) is 3.09. The van der Waals surface area contributed by atoms with Gasteiger partial charge in [-0.25, -0.2) is 0 Å². The number of carbonyl (C=O) groups is 1. The van der Waals surface area contributed by atoms with Gasteiger partial charge in [-0.1, -0.05) is 13.8 Å².